The number of ether oxygens (including phenoxy) is 1. The molecule has 312 valence electrons. The number of nitrogens with two attached hydrogens (primary N) is 1. The molecule has 16 heteroatoms. The number of rotatable bonds is 19. The average molecular weight is 829 g/mol. The van der Waals surface area contributed by atoms with E-state index in [1.165, 1.54) is 97.1 Å². The highest BCUT2D eigenvalue weighted by atomic mass is 16.6. The van der Waals surface area contributed by atoms with Crippen molar-refractivity contribution in [2.75, 3.05) is 5.32 Å². The summed E-state index contributed by atoms with van der Waals surface area (Å²) >= 11 is 0. The minimum Gasteiger partial charge on any atom is -0.504 e. The van der Waals surface area contributed by atoms with Crippen molar-refractivity contribution in [2.24, 2.45) is 5.73 Å². The number of ketones is 3. The van der Waals surface area contributed by atoms with Gasteiger partial charge in [-0.05, 0) is 73.5 Å². The van der Waals surface area contributed by atoms with E-state index in [-0.39, 0.29) is 70.0 Å². The lowest BCUT2D eigenvalue weighted by Gasteiger charge is -2.18. The molecule has 0 aliphatic rings. The first-order chi connectivity index (χ1) is 29.0. The summed E-state index contributed by atoms with van der Waals surface area (Å²) in [5, 5.41) is 36.6. The van der Waals surface area contributed by atoms with Crippen LogP contribution in [0.1, 0.15) is 88.7 Å². The molecule has 5 rings (SSSR count). The second-order valence-corrected chi connectivity index (χ2v) is 14.2. The molecule has 0 radical (unpaired) electrons. The van der Waals surface area contributed by atoms with Gasteiger partial charge >= 0.3 is 5.97 Å². The SMILES string of the molecule is CC(C)Oc1c(CC(=O)c2ccc(CC(=O)[C@H](CC(N)=O)NC(=O)c3ccc(NC(=O)c4ccccc4[N+](=O)[O-])cc3)cc2)ccc(C(=O)Cc2ccc(C(=O)O)cc2)c1O. The fourth-order valence-corrected chi connectivity index (χ4v) is 6.21. The second-order valence-electron chi connectivity index (χ2n) is 14.2. The number of phenolic OH excluding ortho intramolecular Hbond substituents is 1. The van der Waals surface area contributed by atoms with Crippen LogP contribution in [0.3, 0.4) is 0 Å². The van der Waals surface area contributed by atoms with Crippen LogP contribution in [-0.4, -0.2) is 68.3 Å². The van der Waals surface area contributed by atoms with Crippen molar-refractivity contribution in [3.8, 4) is 11.5 Å². The molecule has 0 saturated carbocycles. The highest BCUT2D eigenvalue weighted by Gasteiger charge is 2.26. The first-order valence-electron chi connectivity index (χ1n) is 18.8. The van der Waals surface area contributed by atoms with Crippen LogP contribution in [0.25, 0.3) is 0 Å². The van der Waals surface area contributed by atoms with E-state index in [2.05, 4.69) is 10.6 Å². The van der Waals surface area contributed by atoms with Crippen molar-refractivity contribution in [1.82, 2.24) is 5.32 Å². The topological polar surface area (TPSA) is 262 Å². The zero-order chi connectivity index (χ0) is 44.4. The zero-order valence-electron chi connectivity index (χ0n) is 32.9. The van der Waals surface area contributed by atoms with E-state index < -0.39 is 64.5 Å². The number of nitro benzene ring substituents is 1. The summed E-state index contributed by atoms with van der Waals surface area (Å²) in [5.41, 5.74) is 6.78. The van der Waals surface area contributed by atoms with E-state index in [0.717, 1.165) is 0 Å². The first kappa shape index (κ1) is 44.1. The van der Waals surface area contributed by atoms with Crippen LogP contribution in [0.2, 0.25) is 0 Å². The average Bonchev–Trinajstić information content (AvgIpc) is 3.22. The third-order valence-corrected chi connectivity index (χ3v) is 9.29. The number of nitro groups is 1. The molecule has 0 aliphatic heterocycles. The Morgan fingerprint density at radius 2 is 1.30 bits per heavy atom. The molecule has 0 fully saturated rings. The lowest BCUT2D eigenvalue weighted by molar-refractivity contribution is -0.385. The van der Waals surface area contributed by atoms with Crippen molar-refractivity contribution < 1.29 is 53.4 Å². The van der Waals surface area contributed by atoms with Gasteiger partial charge in [-0.25, -0.2) is 4.79 Å². The van der Waals surface area contributed by atoms with Crippen LogP contribution < -0.4 is 21.1 Å². The Kier molecular flexibility index (Phi) is 14.2. The lowest BCUT2D eigenvalue weighted by atomic mass is 9.95. The molecule has 16 nitrogen and oxygen atoms in total. The molecule has 0 saturated heterocycles. The molecule has 0 aromatic heterocycles. The van der Waals surface area contributed by atoms with Gasteiger partial charge in [0, 0.05) is 47.7 Å². The Morgan fingerprint density at radius 3 is 1.89 bits per heavy atom. The molecule has 5 aromatic carbocycles. The van der Waals surface area contributed by atoms with Gasteiger partial charge in [-0.1, -0.05) is 54.6 Å². The maximum atomic E-state index is 13.4. The Hall–Kier alpha value is -8.01. The molecule has 1 atom stereocenters. The van der Waals surface area contributed by atoms with E-state index in [0.29, 0.717) is 16.7 Å². The minimum atomic E-state index is -1.30. The second kappa shape index (κ2) is 19.6. The van der Waals surface area contributed by atoms with E-state index in [4.69, 9.17) is 15.6 Å². The number of primary amides is 1. The van der Waals surface area contributed by atoms with Crippen LogP contribution in [0.4, 0.5) is 11.4 Å². The van der Waals surface area contributed by atoms with Crippen LogP contribution in [0.15, 0.2) is 109 Å². The van der Waals surface area contributed by atoms with Crippen LogP contribution >= 0.6 is 0 Å². The summed E-state index contributed by atoms with van der Waals surface area (Å²) in [5.74, 6) is -5.22. The highest BCUT2D eigenvalue weighted by Crippen LogP contribution is 2.36. The molecule has 0 heterocycles. The number of para-hydroxylation sites is 1. The molecule has 0 unspecified atom stereocenters. The number of aromatic carboxylic acids is 1. The van der Waals surface area contributed by atoms with Gasteiger partial charge in [0.1, 0.15) is 5.56 Å². The predicted molar refractivity (Wildman–Crippen MR) is 221 cm³/mol. The number of nitrogens with zero attached hydrogens (tertiary/aromatic N) is 1. The molecule has 0 spiro atoms. The van der Waals surface area contributed by atoms with E-state index in [1.54, 1.807) is 26.0 Å². The Balaban J connectivity index is 1.22. The summed E-state index contributed by atoms with van der Waals surface area (Å²) in [6.07, 6.45) is -1.49. The number of hydrogen-bond donors (Lipinski definition) is 5. The number of carboxylic acid groups (broad SMARTS) is 1. The lowest BCUT2D eigenvalue weighted by Crippen LogP contribution is -2.44. The number of hydrogen-bond acceptors (Lipinski definition) is 11. The minimum absolute atomic E-state index is 0.0285. The molecular formula is C45H40N4O12. The maximum absolute atomic E-state index is 13.4. The van der Waals surface area contributed by atoms with Gasteiger partial charge < -0.3 is 31.3 Å². The van der Waals surface area contributed by atoms with Crippen LogP contribution in [0.5, 0.6) is 11.5 Å². The van der Waals surface area contributed by atoms with Gasteiger partial charge in [0.15, 0.2) is 28.8 Å². The zero-order valence-corrected chi connectivity index (χ0v) is 32.9. The van der Waals surface area contributed by atoms with Gasteiger partial charge in [0.25, 0.3) is 17.5 Å². The monoisotopic (exact) mass is 828 g/mol. The Bertz CT molecular complexity index is 2520. The van der Waals surface area contributed by atoms with Gasteiger partial charge in [-0.3, -0.25) is 38.9 Å². The molecule has 0 aliphatic carbocycles. The highest BCUT2D eigenvalue weighted by molar-refractivity contribution is 6.07. The predicted octanol–water partition coefficient (Wildman–Crippen LogP) is 5.67. The van der Waals surface area contributed by atoms with Crippen molar-refractivity contribution in [3.05, 3.63) is 164 Å². The third kappa shape index (κ3) is 11.6. The first-order valence-corrected chi connectivity index (χ1v) is 18.8. The third-order valence-electron chi connectivity index (χ3n) is 9.29. The van der Waals surface area contributed by atoms with Crippen LogP contribution in [0, 0.1) is 10.1 Å². The molecule has 6 N–H and O–H groups in total. The molecule has 5 aromatic rings. The van der Waals surface area contributed by atoms with E-state index in [9.17, 15) is 48.8 Å². The van der Waals surface area contributed by atoms with Crippen molar-refractivity contribution >= 4 is 52.4 Å². The molecule has 0 bridgehead atoms. The number of aromatic hydroxyl groups is 1. The quantitative estimate of drug-likeness (QED) is 0.0383. The Morgan fingerprint density at radius 1 is 0.705 bits per heavy atom. The summed E-state index contributed by atoms with van der Waals surface area (Å²) in [6, 6.07) is 24.4. The normalized spacial score (nSPS) is 11.3. The van der Waals surface area contributed by atoms with Crippen molar-refractivity contribution in [2.45, 2.75) is 51.7 Å². The van der Waals surface area contributed by atoms with Crippen LogP contribution in [-0.2, 0) is 28.9 Å². The van der Waals surface area contributed by atoms with Crippen molar-refractivity contribution in [3.63, 3.8) is 0 Å². The summed E-state index contributed by atoms with van der Waals surface area (Å²) in [6.45, 7) is 3.44. The summed E-state index contributed by atoms with van der Waals surface area (Å²) in [7, 11) is 0. The standard InChI is InChI=1S/C45H40N4O12/c1-25(2)61-42-31(17-20-34(41(42)54)38(51)21-26-9-13-30(14-10-26)45(57)58)23-37(50)28-11-7-27(8-12-28)22-39(52)35(24-40(46)53)48-43(55)29-15-18-32(19-16-29)47-44(56)33-5-3-4-6-36(33)49(59)60/h3-20,25,35,54H,21-24H2,1-2H3,(H2,46,53)(H,47,56)(H,48,55)(H,57,58)/t35-/m0/s1. The fourth-order valence-electron chi connectivity index (χ4n) is 6.21. The largest absolute Gasteiger partial charge is 0.504 e. The van der Waals surface area contributed by atoms with E-state index >= 15 is 0 Å². The maximum Gasteiger partial charge on any atom is 0.335 e. The number of benzene rings is 5. The van der Waals surface area contributed by atoms with Crippen molar-refractivity contribution in [1.29, 1.82) is 0 Å². The number of Topliss-reactive ketones (excluding diaryl/α,β-unsaturated/α-hetero) is 3. The number of carbonyl (C=O) groups is 7. The number of carboxylic acids is 1. The summed E-state index contributed by atoms with van der Waals surface area (Å²) < 4.78 is 5.85. The number of phenols is 1. The summed E-state index contributed by atoms with van der Waals surface area (Å²) in [4.78, 5) is 99.5. The molecule has 3 amide bonds. The number of anilines is 1. The number of nitrogens with one attached hydrogen (secondary N) is 2. The van der Waals surface area contributed by atoms with Gasteiger partial charge in [-0.2, -0.15) is 0 Å². The van der Waals surface area contributed by atoms with E-state index in [1.807, 2.05) is 0 Å². The van der Waals surface area contributed by atoms with Gasteiger partial charge in [0.2, 0.25) is 5.91 Å². The van der Waals surface area contributed by atoms with Gasteiger partial charge in [0.05, 0.1) is 34.6 Å². The smallest absolute Gasteiger partial charge is 0.335 e. The molecular weight excluding hydrogens is 789 g/mol. The number of carbonyl (C=O) groups excluding carboxylic acids is 6. The number of amides is 3. The Labute approximate surface area is 348 Å². The van der Waals surface area contributed by atoms with Gasteiger partial charge in [-0.15, -0.1) is 0 Å². The molecule has 61 heavy (non-hydrogen) atoms. The fraction of sp³-hybridized carbons (Fsp3) is 0.178.